The third-order valence-electron chi connectivity index (χ3n) is 4.73. The van der Waals surface area contributed by atoms with Crippen molar-refractivity contribution in [1.29, 1.82) is 0 Å². The van der Waals surface area contributed by atoms with Gasteiger partial charge in [-0.3, -0.25) is 14.4 Å². The second kappa shape index (κ2) is 13.9. The van der Waals surface area contributed by atoms with Crippen LogP contribution in [-0.2, 0) is 0 Å². The molecule has 36 heavy (non-hydrogen) atoms. The van der Waals surface area contributed by atoms with E-state index in [0.717, 1.165) is 5.56 Å². The van der Waals surface area contributed by atoms with Gasteiger partial charge in [-0.25, -0.2) is 0 Å². The molecule has 0 radical (unpaired) electrons. The predicted octanol–water partition coefficient (Wildman–Crippen LogP) is 6.51. The molecule has 3 amide bonds. The summed E-state index contributed by atoms with van der Waals surface area (Å²) in [6.07, 6.45) is 4.77. The minimum absolute atomic E-state index is 0.142. The number of benzene rings is 3. The third-order valence-corrected chi connectivity index (χ3v) is 4.73. The lowest BCUT2D eigenvalue weighted by atomic mass is 10.0. The zero-order valence-electron chi connectivity index (χ0n) is 20.8. The fourth-order valence-corrected chi connectivity index (χ4v) is 3.12. The number of aryl methyl sites for hydroxylation is 1. The normalized spacial score (nSPS) is 9.97. The molecule has 0 unspecified atom stereocenters. The molecule has 0 aliphatic heterocycles. The number of carbonyl (C=O) groups excluding carboxylic acids is 3. The van der Waals surface area contributed by atoms with Crippen molar-refractivity contribution >= 4 is 29.1 Å². The lowest BCUT2D eigenvalue weighted by Gasteiger charge is -2.12. The van der Waals surface area contributed by atoms with Crippen molar-refractivity contribution in [3.05, 3.63) is 132 Å². The Hall–Kier alpha value is -4.71. The Morgan fingerprint density at radius 2 is 1.25 bits per heavy atom. The Bertz CT molecular complexity index is 1280. The van der Waals surface area contributed by atoms with Crippen LogP contribution < -0.4 is 16.0 Å². The van der Waals surface area contributed by atoms with E-state index in [1.54, 1.807) is 48.6 Å². The van der Waals surface area contributed by atoms with Crippen LogP contribution in [0.2, 0.25) is 0 Å². The summed E-state index contributed by atoms with van der Waals surface area (Å²) in [5.41, 5.74) is 3.00. The largest absolute Gasteiger partial charge is 0.323 e. The topological polar surface area (TPSA) is 87.3 Å². The molecule has 0 aliphatic carbocycles. The zero-order chi connectivity index (χ0) is 26.5. The highest BCUT2D eigenvalue weighted by atomic mass is 16.2. The van der Waals surface area contributed by atoms with Gasteiger partial charge in [0.15, 0.2) is 0 Å². The first kappa shape index (κ1) is 27.5. The molecule has 3 rings (SSSR count). The van der Waals surface area contributed by atoms with Crippen LogP contribution in [0.5, 0.6) is 0 Å². The van der Waals surface area contributed by atoms with Crippen LogP contribution in [0, 0.1) is 6.92 Å². The van der Waals surface area contributed by atoms with E-state index in [1.807, 2.05) is 45.0 Å². The van der Waals surface area contributed by atoms with E-state index in [0.29, 0.717) is 17.1 Å². The van der Waals surface area contributed by atoms with E-state index in [1.165, 1.54) is 18.2 Å². The molecule has 0 heterocycles. The van der Waals surface area contributed by atoms with Gasteiger partial charge in [0.2, 0.25) is 0 Å². The van der Waals surface area contributed by atoms with Crippen LogP contribution in [0.1, 0.15) is 50.5 Å². The van der Waals surface area contributed by atoms with Gasteiger partial charge in [-0.2, -0.15) is 0 Å². The molecule has 0 aliphatic rings. The number of carbonyl (C=O) groups is 3. The second-order valence-corrected chi connectivity index (χ2v) is 7.52. The summed E-state index contributed by atoms with van der Waals surface area (Å²) in [6.45, 7) is 13.3. The maximum Gasteiger partial charge on any atom is 0.255 e. The smallest absolute Gasteiger partial charge is 0.255 e. The Labute approximate surface area is 212 Å². The van der Waals surface area contributed by atoms with E-state index >= 15 is 0 Å². The van der Waals surface area contributed by atoms with Crippen molar-refractivity contribution in [2.24, 2.45) is 0 Å². The van der Waals surface area contributed by atoms with Gasteiger partial charge in [0.05, 0.1) is 0 Å². The first-order valence-corrected chi connectivity index (χ1v) is 11.5. The highest BCUT2D eigenvalue weighted by Gasteiger charge is 2.17. The number of para-hydroxylation sites is 1. The summed E-state index contributed by atoms with van der Waals surface area (Å²) in [4.78, 5) is 38.7. The fraction of sp³-hybridized carbons (Fsp3) is 0.100. The van der Waals surface area contributed by atoms with Gasteiger partial charge in [-0.15, -0.1) is 0 Å². The second-order valence-electron chi connectivity index (χ2n) is 7.52. The van der Waals surface area contributed by atoms with Crippen molar-refractivity contribution in [2.75, 3.05) is 10.6 Å². The first-order valence-electron chi connectivity index (χ1n) is 11.5. The lowest BCUT2D eigenvalue weighted by Crippen LogP contribution is -2.23. The highest BCUT2D eigenvalue weighted by Crippen LogP contribution is 2.17. The minimum atomic E-state index is -0.502. The molecule has 0 bridgehead atoms. The molecule has 6 nitrogen and oxygen atoms in total. The van der Waals surface area contributed by atoms with Gasteiger partial charge >= 0.3 is 0 Å². The molecule has 3 aromatic rings. The summed E-state index contributed by atoms with van der Waals surface area (Å²) in [5.74, 6) is -1.40. The van der Waals surface area contributed by atoms with Crippen LogP contribution >= 0.6 is 0 Å². The molecule has 3 N–H and O–H groups in total. The molecule has 0 atom stereocenters. The monoisotopic (exact) mass is 481 g/mol. The van der Waals surface area contributed by atoms with Crippen LogP contribution in [0.3, 0.4) is 0 Å². The SMILES string of the molecule is C=C/C=C\C(=C)NC(=O)c1cc(C(=O)Nc2ccccc2)cc(C(=O)Nc2cccc(C)c2)c1.CC. The zero-order valence-corrected chi connectivity index (χ0v) is 20.8. The number of rotatable bonds is 8. The van der Waals surface area contributed by atoms with Crippen molar-refractivity contribution in [2.45, 2.75) is 20.8 Å². The molecular formula is C30H31N3O3. The minimum Gasteiger partial charge on any atom is -0.323 e. The Kier molecular flexibility index (Phi) is 10.6. The Morgan fingerprint density at radius 3 is 1.81 bits per heavy atom. The van der Waals surface area contributed by atoms with Crippen molar-refractivity contribution in [3.63, 3.8) is 0 Å². The van der Waals surface area contributed by atoms with Crippen molar-refractivity contribution in [1.82, 2.24) is 5.32 Å². The van der Waals surface area contributed by atoms with Gasteiger partial charge in [0, 0.05) is 33.8 Å². The molecule has 0 saturated heterocycles. The number of hydrogen-bond donors (Lipinski definition) is 3. The van der Waals surface area contributed by atoms with Gasteiger partial charge in [0.1, 0.15) is 0 Å². The van der Waals surface area contributed by atoms with Crippen LogP contribution in [0.25, 0.3) is 0 Å². The van der Waals surface area contributed by atoms with E-state index in [-0.39, 0.29) is 16.7 Å². The molecule has 3 aromatic carbocycles. The van der Waals surface area contributed by atoms with Gasteiger partial charge in [-0.1, -0.05) is 69.5 Å². The molecular weight excluding hydrogens is 450 g/mol. The van der Waals surface area contributed by atoms with Crippen LogP contribution in [-0.4, -0.2) is 17.7 Å². The molecule has 0 fully saturated rings. The predicted molar refractivity (Wildman–Crippen MR) is 147 cm³/mol. The summed E-state index contributed by atoms with van der Waals surface area (Å²) in [7, 11) is 0. The lowest BCUT2D eigenvalue weighted by molar-refractivity contribution is 0.0967. The highest BCUT2D eigenvalue weighted by molar-refractivity contribution is 6.11. The van der Waals surface area contributed by atoms with E-state index in [2.05, 4.69) is 29.1 Å². The first-order chi connectivity index (χ1) is 17.4. The van der Waals surface area contributed by atoms with Gasteiger partial charge in [-0.05, 0) is 61.0 Å². The molecule has 6 heteroatoms. The van der Waals surface area contributed by atoms with E-state index in [9.17, 15) is 14.4 Å². The molecule has 0 saturated carbocycles. The number of allylic oxidation sites excluding steroid dienone is 3. The summed E-state index contributed by atoms with van der Waals surface area (Å²) in [5, 5.41) is 8.22. The number of hydrogen-bond acceptors (Lipinski definition) is 3. The maximum atomic E-state index is 13.0. The van der Waals surface area contributed by atoms with Crippen LogP contribution in [0.4, 0.5) is 11.4 Å². The number of nitrogens with one attached hydrogen (secondary N) is 3. The molecule has 184 valence electrons. The summed E-state index contributed by atoms with van der Waals surface area (Å²) in [6, 6.07) is 20.6. The van der Waals surface area contributed by atoms with E-state index in [4.69, 9.17) is 0 Å². The maximum absolute atomic E-state index is 13.0. The van der Waals surface area contributed by atoms with Crippen molar-refractivity contribution in [3.8, 4) is 0 Å². The summed E-state index contributed by atoms with van der Waals surface area (Å²) >= 11 is 0. The quantitative estimate of drug-likeness (QED) is 0.321. The molecule has 0 spiro atoms. The van der Waals surface area contributed by atoms with Gasteiger partial charge < -0.3 is 16.0 Å². The average Bonchev–Trinajstić information content (AvgIpc) is 2.89. The number of anilines is 2. The van der Waals surface area contributed by atoms with Crippen LogP contribution in [0.15, 0.2) is 110 Å². The fourth-order valence-electron chi connectivity index (χ4n) is 3.12. The standard InChI is InChI=1S/C28H25N3O3.C2H6/c1-4-5-11-20(3)29-26(32)21-16-22(27(33)30-24-12-7-6-8-13-24)18-23(17-21)28(34)31-25-14-9-10-19(2)15-25;1-2/h4-18H,1,3H2,2H3,(H,29,32)(H,30,33)(H,31,34);1-2H3/b11-5-;. The summed E-state index contributed by atoms with van der Waals surface area (Å²) < 4.78 is 0. The third kappa shape index (κ3) is 8.25. The number of amides is 3. The Morgan fingerprint density at radius 1 is 0.722 bits per heavy atom. The Balaban J connectivity index is 0.00000222. The van der Waals surface area contributed by atoms with E-state index < -0.39 is 17.7 Å². The van der Waals surface area contributed by atoms with Crippen molar-refractivity contribution < 1.29 is 14.4 Å². The molecule has 0 aromatic heterocycles. The van der Waals surface area contributed by atoms with Gasteiger partial charge in [0.25, 0.3) is 17.7 Å². The average molecular weight is 482 g/mol.